The number of hydrogen-bond acceptors (Lipinski definition) is 4. The number of nitrogens with zero attached hydrogens (tertiary/aromatic N) is 2. The van der Waals surface area contributed by atoms with Gasteiger partial charge in [-0.25, -0.2) is 0 Å². The maximum absolute atomic E-state index is 12.8. The molecule has 0 aromatic heterocycles. The van der Waals surface area contributed by atoms with E-state index in [9.17, 15) is 14.9 Å². The standard InChI is InChI=1S/C19H20N2O4/c1-25-16-8-4-7-14(12-16)17-10-5-11-20(17)19(22)13-15-6-2-3-9-18(15)21(23)24/h2-4,6-9,12,17H,5,10-11,13H2,1H3/t17-/m1/s1. The number of para-hydroxylation sites is 1. The number of methoxy groups -OCH3 is 1. The third kappa shape index (κ3) is 3.63. The fourth-order valence-corrected chi connectivity index (χ4v) is 3.36. The van der Waals surface area contributed by atoms with E-state index in [1.165, 1.54) is 6.07 Å². The second kappa shape index (κ2) is 7.34. The van der Waals surface area contributed by atoms with Crippen molar-refractivity contribution in [1.29, 1.82) is 0 Å². The van der Waals surface area contributed by atoms with Crippen LogP contribution >= 0.6 is 0 Å². The Balaban J connectivity index is 1.80. The van der Waals surface area contributed by atoms with Crippen molar-refractivity contribution in [3.8, 4) is 5.75 Å². The zero-order valence-electron chi connectivity index (χ0n) is 14.1. The van der Waals surface area contributed by atoms with Crippen LogP contribution in [0.5, 0.6) is 5.75 Å². The molecule has 0 radical (unpaired) electrons. The number of nitro benzene ring substituents is 1. The number of amides is 1. The molecule has 0 bridgehead atoms. The number of benzene rings is 2. The van der Waals surface area contributed by atoms with Crippen LogP contribution in [0, 0.1) is 10.1 Å². The van der Waals surface area contributed by atoms with E-state index in [-0.39, 0.29) is 24.1 Å². The molecule has 6 nitrogen and oxygen atoms in total. The van der Waals surface area contributed by atoms with Gasteiger partial charge in [0.2, 0.25) is 5.91 Å². The third-order valence-corrected chi connectivity index (χ3v) is 4.58. The van der Waals surface area contributed by atoms with Crippen molar-refractivity contribution < 1.29 is 14.5 Å². The summed E-state index contributed by atoms with van der Waals surface area (Å²) in [6.07, 6.45) is 1.85. The lowest BCUT2D eigenvalue weighted by molar-refractivity contribution is -0.385. The first kappa shape index (κ1) is 17.0. The van der Waals surface area contributed by atoms with Gasteiger partial charge in [-0.15, -0.1) is 0 Å². The Bertz CT molecular complexity index is 790. The van der Waals surface area contributed by atoms with Crippen molar-refractivity contribution in [1.82, 2.24) is 4.90 Å². The van der Waals surface area contributed by atoms with Crippen LogP contribution in [-0.2, 0) is 11.2 Å². The average Bonchev–Trinajstić information content (AvgIpc) is 3.12. The molecule has 6 heteroatoms. The fourth-order valence-electron chi connectivity index (χ4n) is 3.36. The number of ether oxygens (including phenoxy) is 1. The first-order valence-electron chi connectivity index (χ1n) is 8.26. The molecule has 0 saturated carbocycles. The van der Waals surface area contributed by atoms with Gasteiger partial charge in [0.25, 0.3) is 5.69 Å². The predicted octanol–water partition coefficient (Wildman–Crippen LogP) is 3.51. The van der Waals surface area contributed by atoms with Gasteiger partial charge < -0.3 is 9.64 Å². The minimum Gasteiger partial charge on any atom is -0.497 e. The third-order valence-electron chi connectivity index (χ3n) is 4.58. The van der Waals surface area contributed by atoms with E-state index >= 15 is 0 Å². The quantitative estimate of drug-likeness (QED) is 0.617. The molecule has 25 heavy (non-hydrogen) atoms. The fraction of sp³-hybridized carbons (Fsp3) is 0.316. The molecule has 1 aliphatic heterocycles. The Kier molecular flexibility index (Phi) is 4.97. The first-order valence-corrected chi connectivity index (χ1v) is 8.26. The Morgan fingerprint density at radius 3 is 2.84 bits per heavy atom. The average molecular weight is 340 g/mol. The molecule has 1 heterocycles. The van der Waals surface area contributed by atoms with Crippen LogP contribution in [-0.4, -0.2) is 29.4 Å². The van der Waals surface area contributed by atoms with E-state index in [0.29, 0.717) is 12.1 Å². The Morgan fingerprint density at radius 2 is 2.08 bits per heavy atom. The molecule has 1 fully saturated rings. The second-order valence-corrected chi connectivity index (χ2v) is 6.08. The van der Waals surface area contributed by atoms with Crippen LogP contribution in [0.15, 0.2) is 48.5 Å². The maximum Gasteiger partial charge on any atom is 0.273 e. The Labute approximate surface area is 146 Å². The maximum atomic E-state index is 12.8. The summed E-state index contributed by atoms with van der Waals surface area (Å²) in [5.74, 6) is 0.676. The van der Waals surface area contributed by atoms with E-state index in [0.717, 1.165) is 24.2 Å². The highest BCUT2D eigenvalue weighted by Crippen LogP contribution is 2.34. The minimum atomic E-state index is -0.438. The van der Waals surface area contributed by atoms with Crippen LogP contribution in [0.1, 0.15) is 30.0 Å². The highest BCUT2D eigenvalue weighted by Gasteiger charge is 2.31. The van der Waals surface area contributed by atoms with Crippen LogP contribution in [0.3, 0.4) is 0 Å². The largest absolute Gasteiger partial charge is 0.497 e. The van der Waals surface area contributed by atoms with Crippen molar-refractivity contribution in [3.05, 3.63) is 69.8 Å². The smallest absolute Gasteiger partial charge is 0.273 e. The van der Waals surface area contributed by atoms with E-state index in [1.807, 2.05) is 29.2 Å². The molecular weight excluding hydrogens is 320 g/mol. The molecule has 1 amide bonds. The zero-order valence-corrected chi connectivity index (χ0v) is 14.1. The number of carbonyl (C=O) groups is 1. The van der Waals surface area contributed by atoms with Gasteiger partial charge in [-0.2, -0.15) is 0 Å². The lowest BCUT2D eigenvalue weighted by Crippen LogP contribution is -2.32. The van der Waals surface area contributed by atoms with E-state index in [1.54, 1.807) is 25.3 Å². The molecule has 0 unspecified atom stereocenters. The molecule has 130 valence electrons. The van der Waals surface area contributed by atoms with E-state index < -0.39 is 4.92 Å². The van der Waals surface area contributed by atoms with Crippen molar-refractivity contribution >= 4 is 11.6 Å². The van der Waals surface area contributed by atoms with Gasteiger partial charge in [0.05, 0.1) is 24.5 Å². The van der Waals surface area contributed by atoms with Gasteiger partial charge in [0.15, 0.2) is 0 Å². The molecular formula is C19H20N2O4. The van der Waals surface area contributed by atoms with E-state index in [2.05, 4.69) is 0 Å². The molecule has 3 rings (SSSR count). The zero-order chi connectivity index (χ0) is 17.8. The topological polar surface area (TPSA) is 72.7 Å². The highest BCUT2D eigenvalue weighted by atomic mass is 16.6. The van der Waals surface area contributed by atoms with Gasteiger partial charge in [0, 0.05) is 18.2 Å². The molecule has 0 spiro atoms. The number of likely N-dealkylation sites (tertiary alicyclic amines) is 1. The molecule has 2 aromatic rings. The lowest BCUT2D eigenvalue weighted by Gasteiger charge is -2.25. The highest BCUT2D eigenvalue weighted by molar-refractivity contribution is 5.80. The van der Waals surface area contributed by atoms with Gasteiger partial charge in [-0.1, -0.05) is 30.3 Å². The molecule has 0 aliphatic carbocycles. The van der Waals surface area contributed by atoms with Crippen LogP contribution in [0.2, 0.25) is 0 Å². The number of carbonyl (C=O) groups excluding carboxylic acids is 1. The first-order chi connectivity index (χ1) is 12.1. The van der Waals surface area contributed by atoms with Crippen molar-refractivity contribution in [2.75, 3.05) is 13.7 Å². The summed E-state index contributed by atoms with van der Waals surface area (Å²) >= 11 is 0. The van der Waals surface area contributed by atoms with E-state index in [4.69, 9.17) is 4.74 Å². The minimum absolute atomic E-state index is 0.00650. The van der Waals surface area contributed by atoms with Gasteiger partial charge >= 0.3 is 0 Å². The SMILES string of the molecule is COc1cccc([C@H]2CCCN2C(=O)Cc2ccccc2[N+](=O)[O-])c1. The van der Waals surface area contributed by atoms with Crippen LogP contribution in [0.25, 0.3) is 0 Å². The summed E-state index contributed by atoms with van der Waals surface area (Å²) in [5.41, 5.74) is 1.48. The normalized spacial score (nSPS) is 16.7. The Morgan fingerprint density at radius 1 is 1.28 bits per heavy atom. The van der Waals surface area contributed by atoms with Crippen molar-refractivity contribution in [2.24, 2.45) is 0 Å². The molecule has 1 aliphatic rings. The van der Waals surface area contributed by atoms with Crippen molar-refractivity contribution in [2.45, 2.75) is 25.3 Å². The number of rotatable bonds is 5. The second-order valence-electron chi connectivity index (χ2n) is 6.08. The van der Waals surface area contributed by atoms with Gasteiger partial charge in [-0.05, 0) is 30.5 Å². The van der Waals surface area contributed by atoms with Crippen LogP contribution < -0.4 is 4.74 Å². The molecule has 1 saturated heterocycles. The Hall–Kier alpha value is -2.89. The predicted molar refractivity (Wildman–Crippen MR) is 93.5 cm³/mol. The summed E-state index contributed by atoms with van der Waals surface area (Å²) in [6, 6.07) is 14.1. The summed E-state index contributed by atoms with van der Waals surface area (Å²) < 4.78 is 5.27. The van der Waals surface area contributed by atoms with Crippen LogP contribution in [0.4, 0.5) is 5.69 Å². The molecule has 0 N–H and O–H groups in total. The number of hydrogen-bond donors (Lipinski definition) is 0. The van der Waals surface area contributed by atoms with Crippen molar-refractivity contribution in [3.63, 3.8) is 0 Å². The molecule has 1 atom stereocenters. The summed E-state index contributed by atoms with van der Waals surface area (Å²) in [4.78, 5) is 25.3. The molecule has 2 aromatic carbocycles. The summed E-state index contributed by atoms with van der Waals surface area (Å²) in [5, 5.41) is 11.1. The number of nitro groups is 1. The van der Waals surface area contributed by atoms with Gasteiger partial charge in [-0.3, -0.25) is 14.9 Å². The lowest BCUT2D eigenvalue weighted by atomic mass is 10.0. The monoisotopic (exact) mass is 340 g/mol. The van der Waals surface area contributed by atoms with Gasteiger partial charge in [0.1, 0.15) is 5.75 Å². The summed E-state index contributed by atoms with van der Waals surface area (Å²) in [7, 11) is 1.62. The summed E-state index contributed by atoms with van der Waals surface area (Å²) in [6.45, 7) is 0.668.